The first-order valence-electron chi connectivity index (χ1n) is 4.61. The van der Waals surface area contributed by atoms with Crippen LogP contribution in [0.15, 0.2) is 0 Å². The van der Waals surface area contributed by atoms with Gasteiger partial charge in [-0.05, 0) is 0 Å². The second-order valence-corrected chi connectivity index (χ2v) is 2.53. The summed E-state index contributed by atoms with van der Waals surface area (Å²) in [5.41, 5.74) is 1.55. The maximum absolute atomic E-state index is 12.7. The van der Waals surface area contributed by atoms with Crippen molar-refractivity contribution in [2.24, 2.45) is 0 Å². The second kappa shape index (κ2) is 4.85. The predicted octanol–water partition coefficient (Wildman–Crippen LogP) is 1.25. The molecule has 2 rings (SSSR count). The van der Waals surface area contributed by atoms with Crippen LogP contribution in [0.5, 0.6) is 5.88 Å². The van der Waals surface area contributed by atoms with Crippen LogP contribution < -0.4 is 10.1 Å². The van der Waals surface area contributed by atoms with E-state index >= 15 is 0 Å². The van der Waals surface area contributed by atoms with Gasteiger partial charge in [0.05, 0.1) is 18.4 Å². The molecular weight excluding hydrogens is 185 g/mol. The van der Waals surface area contributed by atoms with Crippen molar-refractivity contribution in [1.82, 2.24) is 15.3 Å². The van der Waals surface area contributed by atoms with Crippen LogP contribution in [0.2, 0.25) is 0 Å². The SMILES string of the molecule is CC.COc1nc(F)nc2c1CNC2. The summed E-state index contributed by atoms with van der Waals surface area (Å²) in [5.74, 6) is 0.336. The van der Waals surface area contributed by atoms with Crippen LogP contribution in [0.25, 0.3) is 0 Å². The molecule has 1 aromatic rings. The van der Waals surface area contributed by atoms with E-state index in [9.17, 15) is 4.39 Å². The Kier molecular flexibility index (Phi) is 3.76. The highest BCUT2D eigenvalue weighted by atomic mass is 19.1. The van der Waals surface area contributed by atoms with E-state index in [1.165, 1.54) is 7.11 Å². The molecule has 0 unspecified atom stereocenters. The summed E-state index contributed by atoms with van der Waals surface area (Å²) >= 11 is 0. The van der Waals surface area contributed by atoms with E-state index < -0.39 is 6.08 Å². The minimum Gasteiger partial charge on any atom is -0.481 e. The Balaban J connectivity index is 0.000000461. The Morgan fingerprint density at radius 2 is 2.00 bits per heavy atom. The largest absolute Gasteiger partial charge is 0.481 e. The molecule has 2 heterocycles. The van der Waals surface area contributed by atoms with Crippen molar-refractivity contribution in [3.8, 4) is 5.88 Å². The third kappa shape index (κ3) is 1.98. The van der Waals surface area contributed by atoms with Crippen LogP contribution in [-0.4, -0.2) is 17.1 Å². The van der Waals surface area contributed by atoms with Gasteiger partial charge in [-0.25, -0.2) is 4.98 Å². The number of rotatable bonds is 1. The molecule has 1 aromatic heterocycles. The topological polar surface area (TPSA) is 47.0 Å². The highest BCUT2D eigenvalue weighted by Crippen LogP contribution is 2.21. The number of nitrogens with one attached hydrogen (secondary N) is 1. The molecule has 0 aliphatic carbocycles. The van der Waals surface area contributed by atoms with Crippen LogP contribution in [0.3, 0.4) is 0 Å². The zero-order valence-corrected chi connectivity index (χ0v) is 8.59. The minimum absolute atomic E-state index is 0.336. The third-order valence-corrected chi connectivity index (χ3v) is 1.82. The Bertz CT molecular complexity index is 317. The fraction of sp³-hybridized carbons (Fsp3) is 0.556. The Morgan fingerprint density at radius 1 is 1.29 bits per heavy atom. The fourth-order valence-electron chi connectivity index (χ4n) is 1.28. The molecule has 5 heteroatoms. The van der Waals surface area contributed by atoms with Gasteiger partial charge in [-0.3, -0.25) is 0 Å². The lowest BCUT2D eigenvalue weighted by molar-refractivity contribution is 0.376. The normalized spacial score (nSPS) is 12.9. The van der Waals surface area contributed by atoms with E-state index in [1.807, 2.05) is 13.8 Å². The van der Waals surface area contributed by atoms with E-state index in [-0.39, 0.29) is 0 Å². The summed E-state index contributed by atoms with van der Waals surface area (Å²) in [6.45, 7) is 5.24. The molecule has 0 saturated carbocycles. The molecule has 78 valence electrons. The van der Waals surface area contributed by atoms with Gasteiger partial charge >= 0.3 is 6.08 Å². The van der Waals surface area contributed by atoms with Crippen LogP contribution in [-0.2, 0) is 13.1 Å². The number of ether oxygens (including phenoxy) is 1. The Morgan fingerprint density at radius 3 is 2.64 bits per heavy atom. The minimum atomic E-state index is -0.727. The number of methoxy groups -OCH3 is 1. The molecular formula is C9H14FN3O. The fourth-order valence-corrected chi connectivity index (χ4v) is 1.28. The van der Waals surface area contributed by atoms with Gasteiger partial charge in [-0.1, -0.05) is 13.8 Å². The molecule has 0 bridgehead atoms. The van der Waals surface area contributed by atoms with Crippen LogP contribution >= 0.6 is 0 Å². The molecule has 0 atom stereocenters. The molecule has 0 saturated heterocycles. The van der Waals surface area contributed by atoms with Gasteiger partial charge in [0.1, 0.15) is 0 Å². The monoisotopic (exact) mass is 199 g/mol. The molecule has 0 radical (unpaired) electrons. The number of hydrogen-bond donors (Lipinski definition) is 1. The van der Waals surface area contributed by atoms with Crippen molar-refractivity contribution in [3.63, 3.8) is 0 Å². The standard InChI is InChI=1S/C7H8FN3O.C2H6/c1-12-6-4-2-9-3-5(4)10-7(8)11-6;1-2/h9H,2-3H2,1H3;1-2H3. The van der Waals surface area contributed by atoms with Crippen molar-refractivity contribution in [1.29, 1.82) is 0 Å². The first-order valence-corrected chi connectivity index (χ1v) is 4.61. The number of aromatic nitrogens is 2. The quantitative estimate of drug-likeness (QED) is 0.691. The summed E-state index contributed by atoms with van der Waals surface area (Å²) in [4.78, 5) is 7.17. The Labute approximate surface area is 82.5 Å². The third-order valence-electron chi connectivity index (χ3n) is 1.82. The van der Waals surface area contributed by atoms with Gasteiger partial charge in [0.25, 0.3) is 0 Å². The van der Waals surface area contributed by atoms with Crippen molar-refractivity contribution >= 4 is 0 Å². The maximum Gasteiger partial charge on any atom is 0.312 e. The summed E-state index contributed by atoms with van der Waals surface area (Å²) in [6, 6.07) is 0. The lowest BCUT2D eigenvalue weighted by atomic mass is 10.3. The summed E-state index contributed by atoms with van der Waals surface area (Å²) in [5, 5.41) is 3.04. The van der Waals surface area contributed by atoms with Crippen LogP contribution in [0.4, 0.5) is 4.39 Å². The molecule has 0 aromatic carbocycles. The lowest BCUT2D eigenvalue weighted by Gasteiger charge is -2.03. The van der Waals surface area contributed by atoms with E-state index in [0.29, 0.717) is 24.7 Å². The molecule has 4 nitrogen and oxygen atoms in total. The molecule has 1 N–H and O–H groups in total. The Hall–Kier alpha value is -1.23. The highest BCUT2D eigenvalue weighted by Gasteiger charge is 2.19. The van der Waals surface area contributed by atoms with E-state index in [1.54, 1.807) is 0 Å². The zero-order chi connectivity index (χ0) is 10.6. The second-order valence-electron chi connectivity index (χ2n) is 2.53. The molecule has 1 aliphatic heterocycles. The van der Waals surface area contributed by atoms with Gasteiger partial charge in [0.15, 0.2) is 0 Å². The van der Waals surface area contributed by atoms with E-state index in [4.69, 9.17) is 4.74 Å². The smallest absolute Gasteiger partial charge is 0.312 e. The van der Waals surface area contributed by atoms with Gasteiger partial charge in [0.2, 0.25) is 5.88 Å². The van der Waals surface area contributed by atoms with Gasteiger partial charge in [0, 0.05) is 13.1 Å². The highest BCUT2D eigenvalue weighted by molar-refractivity contribution is 5.32. The molecule has 0 spiro atoms. The number of hydrogen-bond acceptors (Lipinski definition) is 4. The number of fused-ring (bicyclic) bond motifs is 1. The van der Waals surface area contributed by atoms with Crippen molar-refractivity contribution in [3.05, 3.63) is 17.3 Å². The average Bonchev–Trinajstić information content (AvgIpc) is 2.67. The van der Waals surface area contributed by atoms with Crippen LogP contribution in [0.1, 0.15) is 25.1 Å². The number of nitrogens with zero attached hydrogens (tertiary/aromatic N) is 2. The van der Waals surface area contributed by atoms with E-state index in [2.05, 4.69) is 15.3 Å². The first kappa shape index (κ1) is 10.8. The average molecular weight is 199 g/mol. The van der Waals surface area contributed by atoms with Crippen LogP contribution in [0, 0.1) is 6.08 Å². The summed E-state index contributed by atoms with van der Waals surface area (Å²) < 4.78 is 17.6. The zero-order valence-electron chi connectivity index (χ0n) is 8.59. The van der Waals surface area contributed by atoms with E-state index in [0.717, 1.165) is 5.56 Å². The number of halogens is 1. The van der Waals surface area contributed by atoms with Gasteiger partial charge < -0.3 is 10.1 Å². The van der Waals surface area contributed by atoms with Crippen molar-refractivity contribution in [2.45, 2.75) is 26.9 Å². The molecule has 14 heavy (non-hydrogen) atoms. The lowest BCUT2D eigenvalue weighted by Crippen LogP contribution is -2.01. The first-order chi connectivity index (χ1) is 6.81. The summed E-state index contributed by atoms with van der Waals surface area (Å²) in [6.07, 6.45) is -0.727. The molecule has 0 amide bonds. The maximum atomic E-state index is 12.7. The summed E-state index contributed by atoms with van der Waals surface area (Å²) in [7, 11) is 1.47. The molecule has 1 aliphatic rings. The predicted molar refractivity (Wildman–Crippen MR) is 50.4 cm³/mol. The van der Waals surface area contributed by atoms with Gasteiger partial charge in [-0.2, -0.15) is 9.37 Å². The molecule has 0 fully saturated rings. The van der Waals surface area contributed by atoms with Crippen molar-refractivity contribution < 1.29 is 9.13 Å². The van der Waals surface area contributed by atoms with Gasteiger partial charge in [-0.15, -0.1) is 0 Å². The van der Waals surface area contributed by atoms with Crippen molar-refractivity contribution in [2.75, 3.05) is 7.11 Å².